The zero-order valence-corrected chi connectivity index (χ0v) is 11.7. The Bertz CT molecular complexity index is 485. The first-order valence-electron chi connectivity index (χ1n) is 6.82. The van der Waals surface area contributed by atoms with Gasteiger partial charge in [0.1, 0.15) is 5.82 Å². The SMILES string of the molecule is CC(C)C(C)C(=O)Nc1ccc2c(c1F)CCNC2. The van der Waals surface area contributed by atoms with Crippen molar-refractivity contribution in [3.05, 3.63) is 29.1 Å². The van der Waals surface area contributed by atoms with Crippen LogP contribution in [0.5, 0.6) is 0 Å². The van der Waals surface area contributed by atoms with Crippen LogP contribution in [0.2, 0.25) is 0 Å². The van der Waals surface area contributed by atoms with Crippen LogP contribution in [0.15, 0.2) is 12.1 Å². The van der Waals surface area contributed by atoms with Gasteiger partial charge in [-0.3, -0.25) is 4.79 Å². The molecule has 0 spiro atoms. The van der Waals surface area contributed by atoms with E-state index in [0.29, 0.717) is 18.7 Å². The van der Waals surface area contributed by atoms with Gasteiger partial charge in [0.15, 0.2) is 0 Å². The van der Waals surface area contributed by atoms with E-state index >= 15 is 0 Å². The average molecular weight is 264 g/mol. The molecule has 0 saturated heterocycles. The number of fused-ring (bicyclic) bond motifs is 1. The van der Waals surface area contributed by atoms with Crippen molar-refractivity contribution < 1.29 is 9.18 Å². The predicted molar refractivity (Wildman–Crippen MR) is 74.4 cm³/mol. The summed E-state index contributed by atoms with van der Waals surface area (Å²) in [6, 6.07) is 3.55. The maximum Gasteiger partial charge on any atom is 0.227 e. The second-order valence-corrected chi connectivity index (χ2v) is 5.51. The Hall–Kier alpha value is -1.42. The third-order valence-corrected chi connectivity index (χ3v) is 3.88. The number of carbonyl (C=O) groups is 1. The summed E-state index contributed by atoms with van der Waals surface area (Å²) in [6.45, 7) is 7.31. The Morgan fingerprint density at radius 1 is 1.37 bits per heavy atom. The number of halogens is 1. The smallest absolute Gasteiger partial charge is 0.227 e. The molecule has 0 radical (unpaired) electrons. The topological polar surface area (TPSA) is 41.1 Å². The van der Waals surface area contributed by atoms with Crippen LogP contribution in [0.3, 0.4) is 0 Å². The molecule has 1 aromatic carbocycles. The molecule has 0 saturated carbocycles. The van der Waals surface area contributed by atoms with E-state index in [0.717, 1.165) is 17.7 Å². The molecular weight excluding hydrogens is 243 g/mol. The first kappa shape index (κ1) is 14.0. The number of amides is 1. The maximum absolute atomic E-state index is 14.3. The number of hydrogen-bond donors (Lipinski definition) is 2. The number of rotatable bonds is 3. The fourth-order valence-electron chi connectivity index (χ4n) is 2.18. The first-order valence-corrected chi connectivity index (χ1v) is 6.82. The zero-order chi connectivity index (χ0) is 14.0. The third-order valence-electron chi connectivity index (χ3n) is 3.88. The molecule has 0 aliphatic carbocycles. The van der Waals surface area contributed by atoms with Crippen LogP contribution < -0.4 is 10.6 Å². The van der Waals surface area contributed by atoms with E-state index in [4.69, 9.17) is 0 Å². The highest BCUT2D eigenvalue weighted by Gasteiger charge is 2.21. The van der Waals surface area contributed by atoms with Crippen LogP contribution in [0.25, 0.3) is 0 Å². The Morgan fingerprint density at radius 3 is 2.79 bits per heavy atom. The van der Waals surface area contributed by atoms with E-state index in [1.54, 1.807) is 6.07 Å². The largest absolute Gasteiger partial charge is 0.323 e. The van der Waals surface area contributed by atoms with Gasteiger partial charge in [0, 0.05) is 12.5 Å². The Balaban J connectivity index is 2.20. The van der Waals surface area contributed by atoms with E-state index in [1.165, 1.54) is 0 Å². The number of anilines is 1. The van der Waals surface area contributed by atoms with Crippen molar-refractivity contribution in [2.75, 3.05) is 11.9 Å². The number of nitrogens with one attached hydrogen (secondary N) is 2. The highest BCUT2D eigenvalue weighted by atomic mass is 19.1. The van der Waals surface area contributed by atoms with Gasteiger partial charge in [-0.15, -0.1) is 0 Å². The van der Waals surface area contributed by atoms with Gasteiger partial charge in [-0.1, -0.05) is 26.8 Å². The van der Waals surface area contributed by atoms with Crippen molar-refractivity contribution in [3.63, 3.8) is 0 Å². The van der Waals surface area contributed by atoms with Gasteiger partial charge in [-0.25, -0.2) is 4.39 Å². The molecule has 19 heavy (non-hydrogen) atoms. The number of carbonyl (C=O) groups excluding carboxylic acids is 1. The van der Waals surface area contributed by atoms with Crippen LogP contribution >= 0.6 is 0 Å². The van der Waals surface area contributed by atoms with Gasteiger partial charge in [-0.2, -0.15) is 0 Å². The molecule has 104 valence electrons. The van der Waals surface area contributed by atoms with E-state index < -0.39 is 0 Å². The van der Waals surface area contributed by atoms with Crippen molar-refractivity contribution in [3.8, 4) is 0 Å². The normalized spacial score (nSPS) is 16.1. The van der Waals surface area contributed by atoms with Gasteiger partial charge >= 0.3 is 0 Å². The summed E-state index contributed by atoms with van der Waals surface area (Å²) in [7, 11) is 0. The van der Waals surface area contributed by atoms with E-state index in [-0.39, 0.29) is 23.6 Å². The van der Waals surface area contributed by atoms with Crippen molar-refractivity contribution in [2.45, 2.75) is 33.7 Å². The van der Waals surface area contributed by atoms with Crippen LogP contribution in [-0.4, -0.2) is 12.5 Å². The van der Waals surface area contributed by atoms with Crippen LogP contribution in [0.4, 0.5) is 10.1 Å². The second-order valence-electron chi connectivity index (χ2n) is 5.51. The number of benzene rings is 1. The molecular formula is C15H21FN2O. The number of hydrogen-bond acceptors (Lipinski definition) is 2. The lowest BCUT2D eigenvalue weighted by Crippen LogP contribution is -2.27. The third kappa shape index (κ3) is 2.95. The molecule has 1 unspecified atom stereocenters. The lowest BCUT2D eigenvalue weighted by Gasteiger charge is -2.21. The molecule has 1 amide bonds. The molecule has 2 N–H and O–H groups in total. The Labute approximate surface area is 113 Å². The van der Waals surface area contributed by atoms with Gasteiger partial charge in [0.05, 0.1) is 5.69 Å². The van der Waals surface area contributed by atoms with Gasteiger partial charge in [0.25, 0.3) is 0 Å². The summed E-state index contributed by atoms with van der Waals surface area (Å²) in [5.41, 5.74) is 2.02. The molecule has 3 nitrogen and oxygen atoms in total. The molecule has 1 aliphatic heterocycles. The average Bonchev–Trinajstić information content (AvgIpc) is 2.41. The summed E-state index contributed by atoms with van der Waals surface area (Å²) in [6.07, 6.45) is 0.671. The molecule has 1 heterocycles. The van der Waals surface area contributed by atoms with Crippen LogP contribution in [-0.2, 0) is 17.8 Å². The molecule has 0 aromatic heterocycles. The van der Waals surface area contributed by atoms with Crippen molar-refractivity contribution in [1.29, 1.82) is 0 Å². The van der Waals surface area contributed by atoms with E-state index in [9.17, 15) is 9.18 Å². The molecule has 4 heteroatoms. The van der Waals surface area contributed by atoms with Crippen molar-refractivity contribution >= 4 is 11.6 Å². The zero-order valence-electron chi connectivity index (χ0n) is 11.7. The minimum Gasteiger partial charge on any atom is -0.323 e. The minimum atomic E-state index is -0.275. The van der Waals surface area contributed by atoms with Crippen LogP contribution in [0.1, 0.15) is 31.9 Å². The lowest BCUT2D eigenvalue weighted by atomic mass is 9.96. The van der Waals surface area contributed by atoms with Gasteiger partial charge in [-0.05, 0) is 36.1 Å². The monoisotopic (exact) mass is 264 g/mol. The molecule has 1 aliphatic rings. The first-order chi connectivity index (χ1) is 9.00. The Morgan fingerprint density at radius 2 is 2.11 bits per heavy atom. The summed E-state index contributed by atoms with van der Waals surface area (Å²) >= 11 is 0. The summed E-state index contributed by atoms with van der Waals surface area (Å²) in [5.74, 6) is -0.284. The Kier molecular flexibility index (Phi) is 4.20. The van der Waals surface area contributed by atoms with Gasteiger partial charge < -0.3 is 10.6 Å². The van der Waals surface area contributed by atoms with E-state index in [1.807, 2.05) is 26.8 Å². The molecule has 2 rings (SSSR count). The lowest BCUT2D eigenvalue weighted by molar-refractivity contribution is -0.120. The molecule has 1 aromatic rings. The minimum absolute atomic E-state index is 0.122. The highest BCUT2D eigenvalue weighted by Crippen LogP contribution is 2.25. The van der Waals surface area contributed by atoms with E-state index in [2.05, 4.69) is 10.6 Å². The summed E-state index contributed by atoms with van der Waals surface area (Å²) in [4.78, 5) is 12.0. The fraction of sp³-hybridized carbons (Fsp3) is 0.533. The summed E-state index contributed by atoms with van der Waals surface area (Å²) < 4.78 is 14.3. The van der Waals surface area contributed by atoms with Gasteiger partial charge in [0.2, 0.25) is 5.91 Å². The van der Waals surface area contributed by atoms with Crippen molar-refractivity contribution in [1.82, 2.24) is 5.32 Å². The van der Waals surface area contributed by atoms with Crippen molar-refractivity contribution in [2.24, 2.45) is 11.8 Å². The maximum atomic E-state index is 14.3. The quantitative estimate of drug-likeness (QED) is 0.881. The summed E-state index contributed by atoms with van der Waals surface area (Å²) in [5, 5.41) is 5.91. The standard InChI is InChI=1S/C15H21FN2O/c1-9(2)10(3)15(19)18-13-5-4-11-8-17-7-6-12(11)14(13)16/h4-5,9-10,17H,6-8H2,1-3H3,(H,18,19). The highest BCUT2D eigenvalue weighted by molar-refractivity contribution is 5.92. The van der Waals surface area contributed by atoms with Crippen LogP contribution in [0, 0.1) is 17.7 Å². The fourth-order valence-corrected chi connectivity index (χ4v) is 2.18. The molecule has 0 bridgehead atoms. The predicted octanol–water partition coefficient (Wildman–Crippen LogP) is 2.70. The molecule has 0 fully saturated rings. The molecule has 1 atom stereocenters. The second kappa shape index (κ2) is 5.70.